The van der Waals surface area contributed by atoms with E-state index >= 15 is 0 Å². The van der Waals surface area contributed by atoms with Crippen LogP contribution in [0.1, 0.15) is 27.3 Å². The number of esters is 1. The third kappa shape index (κ3) is 4.30. The molecule has 5 nitrogen and oxygen atoms in total. The molecule has 0 aliphatic carbocycles. The van der Waals surface area contributed by atoms with Gasteiger partial charge in [-0.05, 0) is 35.7 Å². The average Bonchev–Trinajstić information content (AvgIpc) is 3.10. The van der Waals surface area contributed by atoms with Crippen molar-refractivity contribution in [2.24, 2.45) is 0 Å². The Labute approximate surface area is 153 Å². The number of carbonyl (C=O) groups is 1. The van der Waals surface area contributed by atoms with Crippen LogP contribution in [0.2, 0.25) is 0 Å². The van der Waals surface area contributed by atoms with Gasteiger partial charge in [-0.3, -0.25) is 4.68 Å². The number of aromatic nitrogens is 2. The monoisotopic (exact) mass is 350 g/mol. The van der Waals surface area contributed by atoms with Crippen LogP contribution in [0.5, 0.6) is 5.75 Å². The first kappa shape index (κ1) is 17.7. The van der Waals surface area contributed by atoms with Gasteiger partial charge < -0.3 is 9.47 Å². The van der Waals surface area contributed by atoms with Crippen LogP contribution in [-0.4, -0.2) is 30.0 Å². The Hall–Kier alpha value is -3.08. The summed E-state index contributed by atoms with van der Waals surface area (Å²) in [6.45, 7) is 0.701. The zero-order chi connectivity index (χ0) is 18.4. The van der Waals surface area contributed by atoms with Crippen LogP contribution < -0.4 is 4.74 Å². The zero-order valence-corrected chi connectivity index (χ0v) is 15.0. The van der Waals surface area contributed by atoms with Gasteiger partial charge in [-0.2, -0.15) is 5.10 Å². The third-order valence-corrected chi connectivity index (χ3v) is 4.26. The Kier molecular flexibility index (Phi) is 5.69. The molecule has 5 heteroatoms. The second kappa shape index (κ2) is 8.34. The van der Waals surface area contributed by atoms with E-state index in [1.54, 1.807) is 13.2 Å². The van der Waals surface area contributed by atoms with E-state index < -0.39 is 5.97 Å². The highest BCUT2D eigenvalue weighted by Crippen LogP contribution is 2.17. The van der Waals surface area contributed by atoms with Crippen LogP contribution in [0.3, 0.4) is 0 Å². The van der Waals surface area contributed by atoms with E-state index in [-0.39, 0.29) is 0 Å². The van der Waals surface area contributed by atoms with Gasteiger partial charge >= 0.3 is 5.97 Å². The highest BCUT2D eigenvalue weighted by molar-refractivity contribution is 5.87. The van der Waals surface area contributed by atoms with E-state index in [1.807, 2.05) is 47.1 Å². The lowest BCUT2D eigenvalue weighted by atomic mass is 10.1. The molecular formula is C21H22N2O3. The number of ether oxygens (including phenoxy) is 2. The Balaban J connectivity index is 1.81. The summed E-state index contributed by atoms with van der Waals surface area (Å²) in [7, 11) is 3.02. The molecular weight excluding hydrogens is 328 g/mol. The van der Waals surface area contributed by atoms with Crippen molar-refractivity contribution in [1.29, 1.82) is 0 Å². The lowest BCUT2D eigenvalue weighted by Gasteiger charge is -2.08. The minimum atomic E-state index is -0.417. The summed E-state index contributed by atoms with van der Waals surface area (Å²) in [4.78, 5) is 11.9. The number of rotatable bonds is 7. The van der Waals surface area contributed by atoms with E-state index in [0.29, 0.717) is 18.7 Å². The molecule has 3 aromatic rings. The number of benzene rings is 2. The second-order valence-corrected chi connectivity index (χ2v) is 6.00. The number of methoxy groups -OCH3 is 2. The topological polar surface area (TPSA) is 53.4 Å². The molecule has 26 heavy (non-hydrogen) atoms. The van der Waals surface area contributed by atoms with E-state index in [1.165, 1.54) is 12.7 Å². The van der Waals surface area contributed by atoms with E-state index in [4.69, 9.17) is 9.47 Å². The summed E-state index contributed by atoms with van der Waals surface area (Å²) in [6.07, 6.45) is 1.53. The van der Waals surface area contributed by atoms with Crippen LogP contribution in [0.25, 0.3) is 0 Å². The molecule has 0 atom stereocenters. The molecule has 0 fully saturated rings. The third-order valence-electron chi connectivity index (χ3n) is 4.26. The van der Waals surface area contributed by atoms with Gasteiger partial charge in [0.25, 0.3) is 0 Å². The predicted molar refractivity (Wildman–Crippen MR) is 99.5 cm³/mol. The molecule has 2 aromatic carbocycles. The van der Waals surface area contributed by atoms with Crippen LogP contribution in [0.4, 0.5) is 0 Å². The SMILES string of the molecule is COC(=O)c1cc(Cc2ccc(OC)cc2)n(CCc2ccccc2)n1. The maximum Gasteiger partial charge on any atom is 0.358 e. The fourth-order valence-corrected chi connectivity index (χ4v) is 2.83. The highest BCUT2D eigenvalue weighted by Gasteiger charge is 2.15. The molecule has 0 unspecified atom stereocenters. The largest absolute Gasteiger partial charge is 0.497 e. The van der Waals surface area contributed by atoms with Crippen molar-refractivity contribution in [3.63, 3.8) is 0 Å². The Bertz CT molecular complexity index is 855. The quantitative estimate of drug-likeness (QED) is 0.612. The van der Waals surface area contributed by atoms with Crippen molar-refractivity contribution >= 4 is 5.97 Å². The van der Waals surface area contributed by atoms with Crippen LogP contribution >= 0.6 is 0 Å². The van der Waals surface area contributed by atoms with Crippen LogP contribution in [0.15, 0.2) is 60.7 Å². The van der Waals surface area contributed by atoms with Gasteiger partial charge in [-0.25, -0.2) is 4.79 Å². The van der Waals surface area contributed by atoms with Crippen molar-refractivity contribution in [3.8, 4) is 5.75 Å². The smallest absolute Gasteiger partial charge is 0.358 e. The first-order valence-corrected chi connectivity index (χ1v) is 8.51. The van der Waals surface area contributed by atoms with Crippen molar-refractivity contribution in [1.82, 2.24) is 9.78 Å². The molecule has 0 spiro atoms. The van der Waals surface area contributed by atoms with Crippen molar-refractivity contribution in [2.75, 3.05) is 14.2 Å². The fraction of sp³-hybridized carbons (Fsp3) is 0.238. The molecule has 134 valence electrons. The standard InChI is InChI=1S/C21H22N2O3/c1-25-19-10-8-17(9-11-19)14-18-15-20(21(24)26-2)22-23(18)13-12-16-6-4-3-5-7-16/h3-11,15H,12-14H2,1-2H3. The summed E-state index contributed by atoms with van der Waals surface area (Å²) in [6, 6.07) is 19.9. The molecule has 0 radical (unpaired) electrons. The van der Waals surface area contributed by atoms with Crippen molar-refractivity contribution < 1.29 is 14.3 Å². The molecule has 0 saturated heterocycles. The van der Waals surface area contributed by atoms with Gasteiger partial charge in [0.1, 0.15) is 5.75 Å². The number of carbonyl (C=O) groups excluding carboxylic acids is 1. The maximum absolute atomic E-state index is 11.9. The number of hydrogen-bond acceptors (Lipinski definition) is 4. The first-order chi connectivity index (χ1) is 12.7. The highest BCUT2D eigenvalue weighted by atomic mass is 16.5. The Morgan fingerprint density at radius 1 is 1.00 bits per heavy atom. The molecule has 0 N–H and O–H groups in total. The molecule has 3 rings (SSSR count). The lowest BCUT2D eigenvalue weighted by molar-refractivity contribution is 0.0593. The number of hydrogen-bond donors (Lipinski definition) is 0. The maximum atomic E-state index is 11.9. The van der Waals surface area contributed by atoms with Crippen molar-refractivity contribution in [3.05, 3.63) is 83.2 Å². The lowest BCUT2D eigenvalue weighted by Crippen LogP contribution is -2.09. The first-order valence-electron chi connectivity index (χ1n) is 8.51. The van der Waals surface area contributed by atoms with E-state index in [2.05, 4.69) is 17.2 Å². The number of aryl methyl sites for hydroxylation is 2. The summed E-state index contributed by atoms with van der Waals surface area (Å²) in [5.41, 5.74) is 3.68. The fourth-order valence-electron chi connectivity index (χ4n) is 2.83. The van der Waals surface area contributed by atoms with Gasteiger partial charge in [-0.15, -0.1) is 0 Å². The molecule has 1 heterocycles. The molecule has 0 aliphatic rings. The predicted octanol–water partition coefficient (Wildman–Crippen LogP) is 3.51. The van der Waals surface area contributed by atoms with E-state index in [9.17, 15) is 4.79 Å². The Morgan fingerprint density at radius 3 is 2.38 bits per heavy atom. The van der Waals surface area contributed by atoms with Crippen LogP contribution in [-0.2, 0) is 24.1 Å². The molecule has 0 saturated carbocycles. The molecule has 0 amide bonds. The molecule has 0 bridgehead atoms. The zero-order valence-electron chi connectivity index (χ0n) is 15.0. The summed E-state index contributed by atoms with van der Waals surface area (Å²) >= 11 is 0. The Morgan fingerprint density at radius 2 is 1.73 bits per heavy atom. The summed E-state index contributed by atoms with van der Waals surface area (Å²) in [5, 5.41) is 4.44. The van der Waals surface area contributed by atoms with E-state index in [0.717, 1.165) is 23.4 Å². The summed E-state index contributed by atoms with van der Waals surface area (Å²) in [5.74, 6) is 0.404. The average molecular weight is 350 g/mol. The van der Waals surface area contributed by atoms with Gasteiger partial charge in [0.15, 0.2) is 5.69 Å². The molecule has 0 aliphatic heterocycles. The minimum Gasteiger partial charge on any atom is -0.497 e. The van der Waals surface area contributed by atoms with Gasteiger partial charge in [0.2, 0.25) is 0 Å². The molecule has 1 aromatic heterocycles. The number of nitrogens with zero attached hydrogens (tertiary/aromatic N) is 2. The normalized spacial score (nSPS) is 10.5. The second-order valence-electron chi connectivity index (χ2n) is 6.00. The van der Waals surface area contributed by atoms with Gasteiger partial charge in [-0.1, -0.05) is 42.5 Å². The van der Waals surface area contributed by atoms with Crippen molar-refractivity contribution in [2.45, 2.75) is 19.4 Å². The minimum absolute atomic E-state index is 0.337. The van der Waals surface area contributed by atoms with Gasteiger partial charge in [0.05, 0.1) is 14.2 Å². The summed E-state index contributed by atoms with van der Waals surface area (Å²) < 4.78 is 11.9. The van der Waals surface area contributed by atoms with Crippen LogP contribution in [0, 0.1) is 0 Å². The van der Waals surface area contributed by atoms with Gasteiger partial charge in [0, 0.05) is 18.7 Å².